The highest BCUT2D eigenvalue weighted by Crippen LogP contribution is 2.25. The Kier molecular flexibility index (Phi) is 7.11. The largest absolute Gasteiger partial charge is 0.353 e. The third kappa shape index (κ3) is 6.01. The Morgan fingerprint density at radius 3 is 2.62 bits per heavy atom. The quantitative estimate of drug-likeness (QED) is 0.621. The number of nitrogens with two attached hydrogens (primary N) is 1. The third-order valence-corrected chi connectivity index (χ3v) is 4.30. The topological polar surface area (TPSA) is 87.5 Å². The predicted octanol–water partition coefficient (Wildman–Crippen LogP) is 0.0781. The number of hydrogen-bond donors (Lipinski definition) is 3. The lowest BCUT2D eigenvalue weighted by atomic mass is 9.91. The van der Waals surface area contributed by atoms with Gasteiger partial charge in [0.1, 0.15) is 0 Å². The molecule has 0 spiro atoms. The van der Waals surface area contributed by atoms with Gasteiger partial charge in [0.15, 0.2) is 0 Å². The lowest BCUT2D eigenvalue weighted by Gasteiger charge is -2.43. The van der Waals surface area contributed by atoms with Crippen LogP contribution in [0.5, 0.6) is 0 Å². The van der Waals surface area contributed by atoms with Gasteiger partial charge in [-0.25, -0.2) is 0 Å². The molecule has 2 amide bonds. The number of likely N-dealkylation sites (tertiary alicyclic amines) is 1. The molecule has 1 fully saturated rings. The van der Waals surface area contributed by atoms with E-state index in [-0.39, 0.29) is 30.4 Å². The first-order valence-corrected chi connectivity index (χ1v) is 7.87. The highest BCUT2D eigenvalue weighted by molar-refractivity contribution is 5.85. The van der Waals surface area contributed by atoms with Gasteiger partial charge >= 0.3 is 0 Å². The Morgan fingerprint density at radius 1 is 1.29 bits per heavy atom. The zero-order valence-electron chi connectivity index (χ0n) is 13.6. The van der Waals surface area contributed by atoms with Gasteiger partial charge in [-0.3, -0.25) is 14.5 Å². The number of amides is 2. The summed E-state index contributed by atoms with van der Waals surface area (Å²) >= 11 is 0. The van der Waals surface area contributed by atoms with E-state index in [0.29, 0.717) is 6.54 Å². The molecule has 1 aliphatic rings. The first kappa shape index (κ1) is 17.9. The third-order valence-electron chi connectivity index (χ3n) is 4.30. The molecule has 1 aliphatic heterocycles. The molecule has 1 unspecified atom stereocenters. The number of hydrogen-bond acceptors (Lipinski definition) is 4. The van der Waals surface area contributed by atoms with Gasteiger partial charge in [-0.05, 0) is 39.2 Å². The van der Waals surface area contributed by atoms with Gasteiger partial charge in [0.2, 0.25) is 11.8 Å². The molecule has 0 bridgehead atoms. The van der Waals surface area contributed by atoms with Gasteiger partial charge in [-0.1, -0.05) is 13.3 Å². The number of piperidine rings is 1. The molecular formula is C15H30N4O2. The molecule has 0 aromatic heterocycles. The minimum absolute atomic E-state index is 0.0102. The minimum Gasteiger partial charge on any atom is -0.353 e. The Balaban J connectivity index is 2.37. The second-order valence-electron chi connectivity index (χ2n) is 6.43. The van der Waals surface area contributed by atoms with Crippen LogP contribution in [-0.4, -0.2) is 55.0 Å². The van der Waals surface area contributed by atoms with Crippen molar-refractivity contribution in [2.75, 3.05) is 32.7 Å². The molecule has 6 heteroatoms. The molecule has 6 nitrogen and oxygen atoms in total. The molecule has 122 valence electrons. The van der Waals surface area contributed by atoms with Crippen LogP contribution in [0.3, 0.4) is 0 Å². The van der Waals surface area contributed by atoms with Crippen LogP contribution in [0.1, 0.15) is 40.0 Å². The lowest BCUT2D eigenvalue weighted by molar-refractivity contribution is -0.125. The van der Waals surface area contributed by atoms with Crippen LogP contribution in [0, 0.1) is 5.92 Å². The number of carbonyl (C=O) groups is 2. The van der Waals surface area contributed by atoms with E-state index < -0.39 is 0 Å². The average Bonchev–Trinajstić information content (AvgIpc) is 2.50. The van der Waals surface area contributed by atoms with Gasteiger partial charge in [0.05, 0.1) is 13.1 Å². The summed E-state index contributed by atoms with van der Waals surface area (Å²) in [4.78, 5) is 25.2. The Bertz CT molecular complexity index is 358. The lowest BCUT2D eigenvalue weighted by Crippen LogP contribution is -2.55. The fraction of sp³-hybridized carbons (Fsp3) is 0.867. The summed E-state index contributed by atoms with van der Waals surface area (Å²) in [7, 11) is 0. The van der Waals surface area contributed by atoms with Crippen LogP contribution in [0.4, 0.5) is 0 Å². The van der Waals surface area contributed by atoms with Crippen LogP contribution >= 0.6 is 0 Å². The van der Waals surface area contributed by atoms with Crippen molar-refractivity contribution in [3.63, 3.8) is 0 Å². The van der Waals surface area contributed by atoms with E-state index in [1.54, 1.807) is 0 Å². The van der Waals surface area contributed by atoms with Gasteiger partial charge < -0.3 is 16.4 Å². The Labute approximate surface area is 127 Å². The molecule has 4 N–H and O–H groups in total. The smallest absolute Gasteiger partial charge is 0.239 e. The van der Waals surface area contributed by atoms with Crippen LogP contribution in [0.15, 0.2) is 0 Å². The van der Waals surface area contributed by atoms with Crippen molar-refractivity contribution in [3.05, 3.63) is 0 Å². The van der Waals surface area contributed by atoms with Crippen molar-refractivity contribution in [2.24, 2.45) is 11.7 Å². The molecular weight excluding hydrogens is 268 g/mol. The second kappa shape index (κ2) is 8.34. The van der Waals surface area contributed by atoms with Gasteiger partial charge in [-0.2, -0.15) is 0 Å². The zero-order valence-corrected chi connectivity index (χ0v) is 13.6. The van der Waals surface area contributed by atoms with Crippen LogP contribution in [-0.2, 0) is 9.59 Å². The minimum atomic E-state index is -0.314. The monoisotopic (exact) mass is 298 g/mol. The average molecular weight is 298 g/mol. The van der Waals surface area contributed by atoms with Gasteiger partial charge in [-0.15, -0.1) is 0 Å². The fourth-order valence-electron chi connectivity index (χ4n) is 2.69. The standard InChI is InChI=1S/C15H30N4O2/c1-4-12-6-5-7-19(10-12)15(2,3)11-18-14(21)9-17-13(20)8-16/h12H,4-11,16H2,1-3H3,(H,17,20)(H,18,21). The summed E-state index contributed by atoms with van der Waals surface area (Å²) in [5.41, 5.74) is 5.11. The van der Waals surface area contributed by atoms with E-state index in [9.17, 15) is 9.59 Å². The maximum Gasteiger partial charge on any atom is 0.239 e. The predicted molar refractivity (Wildman–Crippen MR) is 83.7 cm³/mol. The van der Waals surface area contributed by atoms with E-state index in [2.05, 4.69) is 36.3 Å². The first-order valence-electron chi connectivity index (χ1n) is 7.87. The number of carbonyl (C=O) groups excluding carboxylic acids is 2. The normalized spacial score (nSPS) is 20.1. The van der Waals surface area contributed by atoms with Crippen LogP contribution < -0.4 is 16.4 Å². The summed E-state index contributed by atoms with van der Waals surface area (Å²) in [5, 5.41) is 5.37. The number of rotatable bonds is 7. The number of nitrogens with one attached hydrogen (secondary N) is 2. The van der Waals surface area contributed by atoms with E-state index >= 15 is 0 Å². The maximum atomic E-state index is 11.7. The van der Waals surface area contributed by atoms with E-state index in [1.165, 1.54) is 19.3 Å². The highest BCUT2D eigenvalue weighted by Gasteiger charge is 2.31. The molecule has 1 atom stereocenters. The van der Waals surface area contributed by atoms with Crippen molar-refractivity contribution < 1.29 is 9.59 Å². The van der Waals surface area contributed by atoms with Gasteiger partial charge in [0, 0.05) is 18.6 Å². The molecule has 1 heterocycles. The molecule has 0 radical (unpaired) electrons. The van der Waals surface area contributed by atoms with Crippen molar-refractivity contribution in [2.45, 2.75) is 45.6 Å². The summed E-state index contributed by atoms with van der Waals surface area (Å²) in [6.45, 7) is 9.22. The maximum absolute atomic E-state index is 11.7. The highest BCUT2D eigenvalue weighted by atomic mass is 16.2. The van der Waals surface area contributed by atoms with E-state index in [0.717, 1.165) is 19.0 Å². The zero-order chi connectivity index (χ0) is 15.9. The van der Waals surface area contributed by atoms with Crippen LogP contribution in [0.2, 0.25) is 0 Å². The molecule has 0 aromatic carbocycles. The summed E-state index contributed by atoms with van der Waals surface area (Å²) in [6.07, 6.45) is 3.74. The number of nitrogens with zero attached hydrogens (tertiary/aromatic N) is 1. The summed E-state index contributed by atoms with van der Waals surface area (Å²) < 4.78 is 0. The van der Waals surface area contributed by atoms with Crippen molar-refractivity contribution in [1.82, 2.24) is 15.5 Å². The van der Waals surface area contributed by atoms with Crippen molar-refractivity contribution in [3.8, 4) is 0 Å². The Hall–Kier alpha value is -1.14. The molecule has 0 saturated carbocycles. The second-order valence-corrected chi connectivity index (χ2v) is 6.43. The molecule has 21 heavy (non-hydrogen) atoms. The SMILES string of the molecule is CCC1CCCN(C(C)(C)CNC(=O)CNC(=O)CN)C1. The fourth-order valence-corrected chi connectivity index (χ4v) is 2.69. The molecule has 1 saturated heterocycles. The molecule has 0 aromatic rings. The Morgan fingerprint density at radius 2 is 2.00 bits per heavy atom. The van der Waals surface area contributed by atoms with E-state index in [4.69, 9.17) is 5.73 Å². The molecule has 1 rings (SSSR count). The van der Waals surface area contributed by atoms with Crippen molar-refractivity contribution in [1.29, 1.82) is 0 Å². The van der Waals surface area contributed by atoms with Crippen LogP contribution in [0.25, 0.3) is 0 Å². The van der Waals surface area contributed by atoms with Gasteiger partial charge in [0.25, 0.3) is 0 Å². The van der Waals surface area contributed by atoms with Crippen molar-refractivity contribution >= 4 is 11.8 Å². The summed E-state index contributed by atoms with van der Waals surface area (Å²) in [6, 6.07) is 0. The molecule has 0 aliphatic carbocycles. The summed E-state index contributed by atoms with van der Waals surface area (Å²) in [5.74, 6) is 0.276. The van der Waals surface area contributed by atoms with E-state index in [1.807, 2.05) is 0 Å². The first-order chi connectivity index (χ1) is 9.89.